The summed E-state index contributed by atoms with van der Waals surface area (Å²) in [6.45, 7) is 13.0. The summed E-state index contributed by atoms with van der Waals surface area (Å²) < 4.78 is 27.1. The monoisotopic (exact) mass is 536 g/mol. The SMILES string of the molecule is C=COCCCCO.C=COCCCCOC(=O)OCCCCOC=C.O=C(n1ccnc1)n1ccnc1. The van der Waals surface area contributed by atoms with Gasteiger partial charge in [0.2, 0.25) is 0 Å². The van der Waals surface area contributed by atoms with Gasteiger partial charge in [0.1, 0.15) is 12.7 Å². The van der Waals surface area contributed by atoms with E-state index in [1.807, 2.05) is 0 Å². The summed E-state index contributed by atoms with van der Waals surface area (Å²) in [5, 5.41) is 8.28. The van der Waals surface area contributed by atoms with Gasteiger partial charge < -0.3 is 28.8 Å². The van der Waals surface area contributed by atoms with Crippen LogP contribution in [0.5, 0.6) is 0 Å². The van der Waals surface area contributed by atoms with Crippen LogP contribution in [0.4, 0.5) is 9.59 Å². The van der Waals surface area contributed by atoms with E-state index in [1.54, 1.807) is 24.8 Å². The maximum Gasteiger partial charge on any atom is 0.508 e. The highest BCUT2D eigenvalue weighted by Gasteiger charge is 2.04. The summed E-state index contributed by atoms with van der Waals surface area (Å²) in [6.07, 6.45) is 17.6. The van der Waals surface area contributed by atoms with Crippen molar-refractivity contribution in [3.63, 3.8) is 0 Å². The van der Waals surface area contributed by atoms with E-state index in [9.17, 15) is 9.59 Å². The normalized spacial score (nSPS) is 9.39. The number of unbranched alkanes of at least 4 members (excludes halogenated alkanes) is 3. The second kappa shape index (κ2) is 26.0. The van der Waals surface area contributed by atoms with E-state index in [0.29, 0.717) is 33.0 Å². The van der Waals surface area contributed by atoms with Gasteiger partial charge in [0, 0.05) is 31.4 Å². The highest BCUT2D eigenvalue weighted by molar-refractivity contribution is 5.78. The smallest absolute Gasteiger partial charge is 0.502 e. The minimum Gasteiger partial charge on any atom is -0.502 e. The molecule has 2 heterocycles. The highest BCUT2D eigenvalue weighted by atomic mass is 16.7. The Morgan fingerprint density at radius 2 is 1.08 bits per heavy atom. The summed E-state index contributed by atoms with van der Waals surface area (Å²) in [6, 6.07) is -0.190. The van der Waals surface area contributed by atoms with Gasteiger partial charge in [0.25, 0.3) is 0 Å². The van der Waals surface area contributed by atoms with Crippen LogP contribution in [0.1, 0.15) is 38.5 Å². The molecule has 1 N–H and O–H groups in total. The van der Waals surface area contributed by atoms with Crippen LogP contribution in [0.25, 0.3) is 0 Å². The molecule has 0 bridgehead atoms. The maximum absolute atomic E-state index is 11.4. The number of carbonyl (C=O) groups is 2. The number of hydrogen-bond acceptors (Lipinski definition) is 10. The summed E-state index contributed by atoms with van der Waals surface area (Å²) in [7, 11) is 0. The van der Waals surface area contributed by atoms with E-state index in [0.717, 1.165) is 38.5 Å². The zero-order valence-corrected chi connectivity index (χ0v) is 21.9. The van der Waals surface area contributed by atoms with Gasteiger partial charge in [0.05, 0.1) is 51.8 Å². The largest absolute Gasteiger partial charge is 0.508 e. The molecule has 0 aliphatic carbocycles. The molecular formula is C26H40N4O8. The highest BCUT2D eigenvalue weighted by Crippen LogP contribution is 1.97. The van der Waals surface area contributed by atoms with Crippen LogP contribution in [0.2, 0.25) is 0 Å². The van der Waals surface area contributed by atoms with E-state index in [2.05, 4.69) is 29.7 Å². The Morgan fingerprint density at radius 3 is 1.42 bits per heavy atom. The van der Waals surface area contributed by atoms with Crippen LogP contribution in [0.15, 0.2) is 76.0 Å². The molecule has 12 nitrogen and oxygen atoms in total. The first-order valence-corrected chi connectivity index (χ1v) is 12.2. The van der Waals surface area contributed by atoms with Crippen LogP contribution < -0.4 is 0 Å². The zero-order valence-electron chi connectivity index (χ0n) is 21.9. The molecule has 0 amide bonds. The van der Waals surface area contributed by atoms with Crippen LogP contribution in [0, 0.1) is 0 Å². The van der Waals surface area contributed by atoms with Gasteiger partial charge in [-0.3, -0.25) is 9.13 Å². The molecule has 0 spiro atoms. The fourth-order valence-electron chi connectivity index (χ4n) is 2.35. The second-order valence-corrected chi connectivity index (χ2v) is 7.13. The Morgan fingerprint density at radius 1 is 0.684 bits per heavy atom. The predicted octanol–water partition coefficient (Wildman–Crippen LogP) is 4.54. The summed E-state index contributed by atoms with van der Waals surface area (Å²) >= 11 is 0. The Hall–Kier alpha value is -4.06. The van der Waals surface area contributed by atoms with E-state index >= 15 is 0 Å². The van der Waals surface area contributed by atoms with Crippen LogP contribution in [0.3, 0.4) is 0 Å². The average Bonchev–Trinajstić information content (AvgIpc) is 3.66. The number of carbonyl (C=O) groups excluding carboxylic acids is 2. The molecule has 0 radical (unpaired) electrons. The molecule has 0 aliphatic rings. The summed E-state index contributed by atoms with van der Waals surface area (Å²) in [5.74, 6) is 0. The average molecular weight is 537 g/mol. The Balaban J connectivity index is 0.000000586. The van der Waals surface area contributed by atoms with Gasteiger partial charge in [0.15, 0.2) is 0 Å². The number of imidazole rings is 2. The first kappa shape index (κ1) is 33.9. The van der Waals surface area contributed by atoms with Crippen molar-refractivity contribution in [3.8, 4) is 0 Å². The molecule has 0 aliphatic heterocycles. The van der Waals surface area contributed by atoms with Gasteiger partial charge in [-0.15, -0.1) is 0 Å². The molecule has 0 saturated heterocycles. The Kier molecular flexibility index (Phi) is 23.2. The van der Waals surface area contributed by atoms with Crippen molar-refractivity contribution < 1.29 is 38.4 Å². The standard InChI is InChI=1S/C13H22O5.C7H6N4O.C6H12O2/c1-3-15-9-5-7-11-17-13(14)18-12-8-6-10-16-4-2;12-7(10-3-1-8-5-10)11-4-2-9-6-11;1-2-8-6-4-3-5-7/h3-4H,1-2,5-12H2;1-6H;2,7H,1,3-6H2. The Bertz CT molecular complexity index is 783. The summed E-state index contributed by atoms with van der Waals surface area (Å²) in [4.78, 5) is 30.0. The molecule has 0 aromatic carbocycles. The molecule has 0 saturated carbocycles. The number of hydrogen-bond donors (Lipinski definition) is 1. The van der Waals surface area contributed by atoms with Crippen LogP contribution >= 0.6 is 0 Å². The minimum absolute atomic E-state index is 0.190. The van der Waals surface area contributed by atoms with Gasteiger partial charge >= 0.3 is 12.2 Å². The number of rotatable bonds is 17. The van der Waals surface area contributed by atoms with E-state index in [1.165, 1.54) is 40.6 Å². The molecular weight excluding hydrogens is 496 g/mol. The fourth-order valence-corrected chi connectivity index (χ4v) is 2.35. The second-order valence-electron chi connectivity index (χ2n) is 7.13. The van der Waals surface area contributed by atoms with E-state index in [4.69, 9.17) is 28.8 Å². The predicted molar refractivity (Wildman–Crippen MR) is 141 cm³/mol. The molecule has 0 unspecified atom stereocenters. The quantitative estimate of drug-likeness (QED) is 0.174. The lowest BCUT2D eigenvalue weighted by molar-refractivity contribution is 0.0509. The van der Waals surface area contributed by atoms with Crippen molar-refractivity contribution in [3.05, 3.63) is 76.0 Å². The van der Waals surface area contributed by atoms with Gasteiger partial charge in [-0.1, -0.05) is 19.7 Å². The minimum atomic E-state index is -0.621. The Labute approximate surface area is 224 Å². The molecule has 0 atom stereocenters. The molecule has 2 rings (SSSR count). The third-order valence-electron chi connectivity index (χ3n) is 4.23. The number of aliphatic hydroxyl groups is 1. The van der Waals surface area contributed by atoms with Crippen molar-refractivity contribution in [2.75, 3.05) is 39.6 Å². The number of aromatic nitrogens is 4. The third-order valence-corrected chi connectivity index (χ3v) is 4.23. The van der Waals surface area contributed by atoms with E-state index < -0.39 is 6.16 Å². The van der Waals surface area contributed by atoms with Crippen LogP contribution in [-0.2, 0) is 23.7 Å². The third kappa shape index (κ3) is 20.2. The topological polar surface area (TPSA) is 136 Å². The van der Waals surface area contributed by atoms with Crippen molar-refractivity contribution in [2.45, 2.75) is 38.5 Å². The summed E-state index contributed by atoms with van der Waals surface area (Å²) in [5.41, 5.74) is 0. The molecule has 38 heavy (non-hydrogen) atoms. The van der Waals surface area contributed by atoms with Crippen molar-refractivity contribution in [2.24, 2.45) is 0 Å². The lowest BCUT2D eigenvalue weighted by Crippen LogP contribution is -2.15. The zero-order chi connectivity index (χ0) is 28.1. The lowest BCUT2D eigenvalue weighted by atomic mass is 10.3. The number of nitrogens with zero attached hydrogens (tertiary/aromatic N) is 4. The van der Waals surface area contributed by atoms with Crippen LogP contribution in [-0.4, -0.2) is 76.0 Å². The molecule has 2 aromatic rings. The van der Waals surface area contributed by atoms with Crippen molar-refractivity contribution in [1.29, 1.82) is 0 Å². The van der Waals surface area contributed by atoms with Crippen molar-refractivity contribution in [1.82, 2.24) is 19.1 Å². The fraction of sp³-hybridized carbons (Fsp3) is 0.462. The molecule has 212 valence electrons. The van der Waals surface area contributed by atoms with Crippen molar-refractivity contribution >= 4 is 12.2 Å². The first-order valence-electron chi connectivity index (χ1n) is 12.2. The lowest BCUT2D eigenvalue weighted by Gasteiger charge is -2.06. The molecule has 0 fully saturated rings. The number of aliphatic hydroxyl groups excluding tert-OH is 1. The van der Waals surface area contributed by atoms with Gasteiger partial charge in [-0.25, -0.2) is 19.6 Å². The maximum atomic E-state index is 11.4. The molecule has 2 aromatic heterocycles. The molecule has 12 heteroatoms. The first-order chi connectivity index (χ1) is 18.6. The van der Waals surface area contributed by atoms with E-state index in [-0.39, 0.29) is 12.6 Å². The van der Waals surface area contributed by atoms with Gasteiger partial charge in [-0.2, -0.15) is 0 Å². The number of ether oxygens (including phenoxy) is 5. The van der Waals surface area contributed by atoms with Gasteiger partial charge in [-0.05, 0) is 38.5 Å².